The summed E-state index contributed by atoms with van der Waals surface area (Å²) in [6, 6.07) is 2.20. The van der Waals surface area contributed by atoms with Gasteiger partial charge < -0.3 is 10.1 Å². The first-order valence-electron chi connectivity index (χ1n) is 5.06. The first kappa shape index (κ1) is 16.2. The molecule has 1 amide bonds. The number of ether oxygens (including phenoxy) is 1. The van der Waals surface area contributed by atoms with Crippen LogP contribution in [0.15, 0.2) is 17.0 Å². The van der Waals surface area contributed by atoms with Crippen LogP contribution in [-0.4, -0.2) is 34.6 Å². The van der Waals surface area contributed by atoms with Crippen molar-refractivity contribution in [2.24, 2.45) is 5.14 Å². The van der Waals surface area contributed by atoms with E-state index in [2.05, 4.69) is 5.32 Å². The minimum Gasteiger partial charge on any atom is -0.383 e. The molecule has 106 valence electrons. The van der Waals surface area contributed by atoms with Crippen molar-refractivity contribution in [1.82, 2.24) is 5.32 Å². The van der Waals surface area contributed by atoms with E-state index in [1.807, 2.05) is 0 Å². The van der Waals surface area contributed by atoms with Crippen molar-refractivity contribution in [3.8, 4) is 0 Å². The molecular weight excluding hydrogens is 315 g/mol. The Bertz CT molecular complexity index is 589. The number of nitrogens with one attached hydrogen (secondary N) is 1. The van der Waals surface area contributed by atoms with Gasteiger partial charge in [-0.2, -0.15) is 0 Å². The highest BCUT2D eigenvalue weighted by Gasteiger charge is 2.19. The van der Waals surface area contributed by atoms with Gasteiger partial charge in [0.05, 0.1) is 22.2 Å². The highest BCUT2D eigenvalue weighted by molar-refractivity contribution is 7.89. The molecule has 0 aliphatic carbocycles. The summed E-state index contributed by atoms with van der Waals surface area (Å²) in [6.45, 7) is 0.581. The Labute approximate surface area is 120 Å². The second-order valence-electron chi connectivity index (χ2n) is 3.56. The van der Waals surface area contributed by atoms with Crippen LogP contribution in [0.3, 0.4) is 0 Å². The fourth-order valence-corrected chi connectivity index (χ4v) is 2.69. The molecule has 1 aromatic carbocycles. The molecule has 0 saturated heterocycles. The lowest BCUT2D eigenvalue weighted by Crippen LogP contribution is -2.27. The first-order chi connectivity index (χ1) is 8.77. The molecule has 0 aliphatic rings. The zero-order chi connectivity index (χ0) is 14.6. The van der Waals surface area contributed by atoms with Crippen LogP contribution < -0.4 is 10.5 Å². The maximum Gasteiger partial charge on any atom is 0.252 e. The lowest BCUT2D eigenvalue weighted by atomic mass is 10.2. The Morgan fingerprint density at radius 2 is 2.00 bits per heavy atom. The molecule has 0 fully saturated rings. The quantitative estimate of drug-likeness (QED) is 0.789. The van der Waals surface area contributed by atoms with Crippen molar-refractivity contribution >= 4 is 39.1 Å². The van der Waals surface area contributed by atoms with Gasteiger partial charge in [-0.15, -0.1) is 0 Å². The van der Waals surface area contributed by atoms with Gasteiger partial charge >= 0.3 is 0 Å². The molecule has 0 spiro atoms. The minimum absolute atomic E-state index is 0.0220. The SMILES string of the molecule is COCCNC(=O)c1cc(S(N)(=O)=O)c(Cl)cc1Cl. The lowest BCUT2D eigenvalue weighted by Gasteiger charge is -2.09. The van der Waals surface area contributed by atoms with Gasteiger partial charge in [0.1, 0.15) is 4.90 Å². The lowest BCUT2D eigenvalue weighted by molar-refractivity contribution is 0.0937. The van der Waals surface area contributed by atoms with E-state index in [4.69, 9.17) is 33.1 Å². The third-order valence-electron chi connectivity index (χ3n) is 2.16. The predicted molar refractivity (Wildman–Crippen MR) is 72.0 cm³/mol. The average molecular weight is 327 g/mol. The zero-order valence-corrected chi connectivity index (χ0v) is 12.3. The average Bonchev–Trinajstić information content (AvgIpc) is 2.27. The molecule has 0 aromatic heterocycles. The summed E-state index contributed by atoms with van der Waals surface area (Å²) in [5.74, 6) is -0.538. The predicted octanol–water partition coefficient (Wildman–Crippen LogP) is 1.02. The summed E-state index contributed by atoms with van der Waals surface area (Å²) in [4.78, 5) is 11.4. The fraction of sp³-hybridized carbons (Fsp3) is 0.300. The van der Waals surface area contributed by atoms with Gasteiger partial charge in [0.15, 0.2) is 0 Å². The Kier molecular flexibility index (Phi) is 5.57. The standard InChI is InChI=1S/C10H12Cl2N2O4S/c1-18-3-2-14-10(15)6-4-9(19(13,16)17)8(12)5-7(6)11/h4-5H,2-3H2,1H3,(H,14,15)(H2,13,16,17). The van der Waals surface area contributed by atoms with Crippen LogP contribution >= 0.6 is 23.2 Å². The van der Waals surface area contributed by atoms with Crippen LogP contribution in [0.5, 0.6) is 0 Å². The van der Waals surface area contributed by atoms with E-state index in [0.717, 1.165) is 12.1 Å². The minimum atomic E-state index is -4.03. The second kappa shape index (κ2) is 6.53. The monoisotopic (exact) mass is 326 g/mol. The van der Waals surface area contributed by atoms with E-state index in [9.17, 15) is 13.2 Å². The number of sulfonamides is 1. The van der Waals surface area contributed by atoms with Crippen molar-refractivity contribution in [3.63, 3.8) is 0 Å². The molecule has 19 heavy (non-hydrogen) atoms. The van der Waals surface area contributed by atoms with Crippen LogP contribution in [0, 0.1) is 0 Å². The maximum atomic E-state index is 11.8. The third-order valence-corrected chi connectivity index (χ3v) is 3.85. The third kappa shape index (κ3) is 4.32. The van der Waals surface area contributed by atoms with Crippen molar-refractivity contribution in [3.05, 3.63) is 27.7 Å². The molecule has 0 bridgehead atoms. The first-order valence-corrected chi connectivity index (χ1v) is 7.36. The number of hydrogen-bond donors (Lipinski definition) is 2. The Morgan fingerprint density at radius 1 is 1.37 bits per heavy atom. The number of nitrogens with two attached hydrogens (primary N) is 1. The number of halogens is 2. The molecular formula is C10H12Cl2N2O4S. The number of primary sulfonamides is 1. The number of carbonyl (C=O) groups excluding carboxylic acids is 1. The molecule has 0 aliphatic heterocycles. The van der Waals surface area contributed by atoms with E-state index >= 15 is 0 Å². The highest BCUT2D eigenvalue weighted by atomic mass is 35.5. The van der Waals surface area contributed by atoms with Gasteiger partial charge in [-0.1, -0.05) is 23.2 Å². The van der Waals surface area contributed by atoms with Crippen LogP contribution in [0.1, 0.15) is 10.4 Å². The van der Waals surface area contributed by atoms with E-state index in [-0.39, 0.29) is 27.0 Å². The maximum absolute atomic E-state index is 11.8. The summed E-state index contributed by atoms with van der Waals surface area (Å²) in [5, 5.41) is 7.40. The fourth-order valence-electron chi connectivity index (χ4n) is 1.28. The van der Waals surface area contributed by atoms with Gasteiger partial charge in [0, 0.05) is 13.7 Å². The van der Waals surface area contributed by atoms with Crippen LogP contribution in [0.4, 0.5) is 0 Å². The number of carbonyl (C=O) groups is 1. The van der Waals surface area contributed by atoms with Crippen molar-refractivity contribution in [1.29, 1.82) is 0 Å². The molecule has 1 rings (SSSR count). The summed E-state index contributed by atoms with van der Waals surface area (Å²) in [5.41, 5.74) is -0.0220. The Hall–Kier alpha value is -0.860. The number of rotatable bonds is 5. The van der Waals surface area contributed by atoms with Crippen LogP contribution in [0.25, 0.3) is 0 Å². The molecule has 0 atom stereocenters. The molecule has 6 nitrogen and oxygen atoms in total. The molecule has 1 aromatic rings. The van der Waals surface area contributed by atoms with Crippen LogP contribution in [-0.2, 0) is 14.8 Å². The van der Waals surface area contributed by atoms with Gasteiger partial charge in [-0.3, -0.25) is 4.79 Å². The normalized spacial score (nSPS) is 11.4. The van der Waals surface area contributed by atoms with Crippen LogP contribution in [0.2, 0.25) is 10.0 Å². The van der Waals surface area contributed by atoms with E-state index in [1.165, 1.54) is 7.11 Å². The molecule has 0 unspecified atom stereocenters. The van der Waals surface area contributed by atoms with Crippen molar-refractivity contribution < 1.29 is 17.9 Å². The number of benzene rings is 1. The second-order valence-corrected chi connectivity index (χ2v) is 5.90. The molecule has 0 heterocycles. The van der Waals surface area contributed by atoms with Gasteiger partial charge in [0.25, 0.3) is 5.91 Å². The summed E-state index contributed by atoms with van der Waals surface area (Å²) >= 11 is 11.6. The van der Waals surface area contributed by atoms with E-state index < -0.39 is 15.9 Å². The molecule has 0 radical (unpaired) electrons. The summed E-state index contributed by atoms with van der Waals surface area (Å²) in [6.07, 6.45) is 0. The molecule has 0 saturated carbocycles. The van der Waals surface area contributed by atoms with E-state index in [0.29, 0.717) is 6.61 Å². The molecule has 3 N–H and O–H groups in total. The number of methoxy groups -OCH3 is 1. The van der Waals surface area contributed by atoms with E-state index in [1.54, 1.807) is 0 Å². The van der Waals surface area contributed by atoms with Gasteiger partial charge in [0.2, 0.25) is 10.0 Å². The van der Waals surface area contributed by atoms with Crippen molar-refractivity contribution in [2.75, 3.05) is 20.3 Å². The van der Waals surface area contributed by atoms with Gasteiger partial charge in [-0.25, -0.2) is 13.6 Å². The zero-order valence-electron chi connectivity index (χ0n) is 9.94. The Morgan fingerprint density at radius 3 is 2.53 bits per heavy atom. The largest absolute Gasteiger partial charge is 0.383 e. The molecule has 9 heteroatoms. The highest BCUT2D eigenvalue weighted by Crippen LogP contribution is 2.27. The van der Waals surface area contributed by atoms with Crippen molar-refractivity contribution in [2.45, 2.75) is 4.90 Å². The van der Waals surface area contributed by atoms with Gasteiger partial charge in [-0.05, 0) is 12.1 Å². The smallest absolute Gasteiger partial charge is 0.252 e. The summed E-state index contributed by atoms with van der Waals surface area (Å²) in [7, 11) is -2.54. The number of hydrogen-bond acceptors (Lipinski definition) is 4. The Balaban J connectivity index is 3.11. The summed E-state index contributed by atoms with van der Waals surface area (Å²) < 4.78 is 27.4. The number of amides is 1. The topological polar surface area (TPSA) is 98.5 Å².